The summed E-state index contributed by atoms with van der Waals surface area (Å²) in [4.78, 5) is 11.4. The second-order valence-corrected chi connectivity index (χ2v) is 3.24. The van der Waals surface area contributed by atoms with Gasteiger partial charge in [-0.25, -0.2) is 0 Å². The summed E-state index contributed by atoms with van der Waals surface area (Å²) in [5, 5.41) is 15.0. The van der Waals surface area contributed by atoms with Crippen molar-refractivity contribution < 1.29 is 9.32 Å². The Hall–Kier alpha value is -1.83. The third kappa shape index (κ3) is 3.09. The summed E-state index contributed by atoms with van der Waals surface area (Å²) in [6.45, 7) is 3.88. The molecule has 1 rings (SSSR count). The van der Waals surface area contributed by atoms with Crippen molar-refractivity contribution in [1.82, 2.24) is 10.5 Å². The molecule has 0 spiro atoms. The molecule has 0 aliphatic rings. The topological polar surface area (TPSA) is 78.9 Å². The molecule has 0 aromatic carbocycles. The molecule has 0 saturated heterocycles. The lowest BCUT2D eigenvalue weighted by Crippen LogP contribution is -2.28. The van der Waals surface area contributed by atoms with Crippen molar-refractivity contribution >= 4 is 5.91 Å². The molecule has 0 aliphatic heterocycles. The minimum absolute atomic E-state index is 0.269. The summed E-state index contributed by atoms with van der Waals surface area (Å²) in [5.41, 5.74) is 0.770. The zero-order valence-electron chi connectivity index (χ0n) is 8.78. The van der Waals surface area contributed by atoms with Crippen LogP contribution in [0.25, 0.3) is 0 Å². The Morgan fingerprint density at radius 1 is 1.80 bits per heavy atom. The molecule has 1 aromatic rings. The van der Waals surface area contributed by atoms with Gasteiger partial charge in [-0.15, -0.1) is 0 Å². The van der Waals surface area contributed by atoms with Gasteiger partial charge in [0.15, 0.2) is 5.76 Å². The van der Waals surface area contributed by atoms with Gasteiger partial charge in [0.2, 0.25) is 5.91 Å². The number of aryl methyl sites for hydroxylation is 1. The Labute approximate surface area is 88.1 Å². The number of nitrogens with zero attached hydrogens (tertiary/aromatic N) is 2. The molecule has 80 valence electrons. The number of hydrogen-bond acceptors (Lipinski definition) is 4. The van der Waals surface area contributed by atoms with Crippen molar-refractivity contribution in [2.45, 2.75) is 26.8 Å². The third-order valence-electron chi connectivity index (χ3n) is 1.99. The first-order chi connectivity index (χ1) is 7.17. The summed E-state index contributed by atoms with van der Waals surface area (Å²) >= 11 is 0. The van der Waals surface area contributed by atoms with Crippen molar-refractivity contribution in [3.8, 4) is 6.07 Å². The molecule has 15 heavy (non-hydrogen) atoms. The van der Waals surface area contributed by atoms with E-state index in [1.54, 1.807) is 19.9 Å². The molecular formula is C10H13N3O2. The van der Waals surface area contributed by atoms with Gasteiger partial charge in [0, 0.05) is 6.07 Å². The van der Waals surface area contributed by atoms with E-state index in [-0.39, 0.29) is 12.5 Å². The number of nitriles is 1. The first-order valence-corrected chi connectivity index (χ1v) is 4.77. The van der Waals surface area contributed by atoms with E-state index in [1.165, 1.54) is 0 Å². The summed E-state index contributed by atoms with van der Waals surface area (Å²) in [6.07, 6.45) is 0.512. The lowest BCUT2D eigenvalue weighted by atomic mass is 10.1. The Balaban J connectivity index is 2.44. The SMILES string of the molecule is CCC(C#N)C(=O)NCc1cc(C)no1. The monoisotopic (exact) mass is 207 g/mol. The molecule has 0 bridgehead atoms. The van der Waals surface area contributed by atoms with Crippen LogP contribution in [0.1, 0.15) is 24.8 Å². The largest absolute Gasteiger partial charge is 0.359 e. The number of carbonyl (C=O) groups is 1. The maximum absolute atomic E-state index is 11.4. The average Bonchev–Trinajstić information content (AvgIpc) is 2.63. The molecule has 5 heteroatoms. The van der Waals surface area contributed by atoms with E-state index in [9.17, 15) is 4.79 Å². The minimum Gasteiger partial charge on any atom is -0.359 e. The van der Waals surface area contributed by atoms with Crippen LogP contribution in [0.2, 0.25) is 0 Å². The first-order valence-electron chi connectivity index (χ1n) is 4.77. The van der Waals surface area contributed by atoms with Crippen molar-refractivity contribution in [2.24, 2.45) is 5.92 Å². The van der Waals surface area contributed by atoms with Gasteiger partial charge in [-0.2, -0.15) is 5.26 Å². The van der Waals surface area contributed by atoms with E-state index in [0.717, 1.165) is 5.69 Å². The number of carbonyl (C=O) groups excluding carboxylic acids is 1. The Morgan fingerprint density at radius 2 is 2.53 bits per heavy atom. The minimum atomic E-state index is -0.589. The summed E-state index contributed by atoms with van der Waals surface area (Å²) in [6, 6.07) is 3.68. The third-order valence-corrected chi connectivity index (χ3v) is 1.99. The van der Waals surface area contributed by atoms with Gasteiger partial charge in [-0.1, -0.05) is 12.1 Å². The van der Waals surface area contributed by atoms with Crippen LogP contribution in [0.5, 0.6) is 0 Å². The van der Waals surface area contributed by atoms with Gasteiger partial charge >= 0.3 is 0 Å². The molecule has 1 unspecified atom stereocenters. The van der Waals surface area contributed by atoms with Crippen LogP contribution in [0.15, 0.2) is 10.6 Å². The number of aromatic nitrogens is 1. The quantitative estimate of drug-likeness (QED) is 0.803. The highest BCUT2D eigenvalue weighted by Gasteiger charge is 2.15. The second kappa shape index (κ2) is 5.15. The van der Waals surface area contributed by atoms with Gasteiger partial charge in [-0.3, -0.25) is 4.79 Å². The first kappa shape index (κ1) is 11.2. The van der Waals surface area contributed by atoms with Gasteiger partial charge in [0.05, 0.1) is 18.3 Å². The molecule has 0 aliphatic carbocycles. The number of rotatable bonds is 4. The van der Waals surface area contributed by atoms with Crippen molar-refractivity contribution in [2.75, 3.05) is 0 Å². The Morgan fingerprint density at radius 3 is 3.00 bits per heavy atom. The maximum atomic E-state index is 11.4. The van der Waals surface area contributed by atoms with E-state index in [1.807, 2.05) is 6.07 Å². The molecule has 0 saturated carbocycles. The van der Waals surface area contributed by atoms with Crippen LogP contribution in [0, 0.1) is 24.2 Å². The average molecular weight is 207 g/mol. The van der Waals surface area contributed by atoms with E-state index in [2.05, 4.69) is 10.5 Å². The molecule has 1 atom stereocenters. The lowest BCUT2D eigenvalue weighted by Gasteiger charge is -2.05. The van der Waals surface area contributed by atoms with Crippen LogP contribution < -0.4 is 5.32 Å². The fraction of sp³-hybridized carbons (Fsp3) is 0.500. The Kier molecular flexibility index (Phi) is 3.86. The zero-order chi connectivity index (χ0) is 11.3. The highest BCUT2D eigenvalue weighted by atomic mass is 16.5. The molecule has 1 heterocycles. The summed E-state index contributed by atoms with van der Waals surface area (Å²) in [7, 11) is 0. The van der Waals surface area contributed by atoms with Crippen LogP contribution in [0.4, 0.5) is 0 Å². The van der Waals surface area contributed by atoms with Crippen LogP contribution in [-0.2, 0) is 11.3 Å². The maximum Gasteiger partial charge on any atom is 0.237 e. The second-order valence-electron chi connectivity index (χ2n) is 3.24. The van der Waals surface area contributed by atoms with Gasteiger partial charge < -0.3 is 9.84 Å². The van der Waals surface area contributed by atoms with E-state index < -0.39 is 5.92 Å². The van der Waals surface area contributed by atoms with Crippen LogP contribution in [0.3, 0.4) is 0 Å². The van der Waals surface area contributed by atoms with Crippen molar-refractivity contribution in [1.29, 1.82) is 5.26 Å². The summed E-state index contributed by atoms with van der Waals surface area (Å²) in [5.74, 6) is -0.267. The van der Waals surface area contributed by atoms with E-state index in [0.29, 0.717) is 12.2 Å². The predicted molar refractivity (Wildman–Crippen MR) is 52.5 cm³/mol. The molecular weight excluding hydrogens is 194 g/mol. The van der Waals surface area contributed by atoms with Crippen LogP contribution in [-0.4, -0.2) is 11.1 Å². The molecule has 1 aromatic heterocycles. The molecule has 0 fully saturated rings. The Bertz CT molecular complexity index is 378. The van der Waals surface area contributed by atoms with Gasteiger partial charge in [-0.05, 0) is 13.3 Å². The highest BCUT2D eigenvalue weighted by Crippen LogP contribution is 2.04. The molecule has 1 N–H and O–H groups in total. The molecule has 0 radical (unpaired) electrons. The van der Waals surface area contributed by atoms with Crippen molar-refractivity contribution in [3.63, 3.8) is 0 Å². The van der Waals surface area contributed by atoms with E-state index in [4.69, 9.17) is 9.78 Å². The number of nitrogens with one attached hydrogen (secondary N) is 1. The molecule has 1 amide bonds. The number of amides is 1. The number of hydrogen-bond donors (Lipinski definition) is 1. The highest BCUT2D eigenvalue weighted by molar-refractivity contribution is 5.80. The zero-order valence-corrected chi connectivity index (χ0v) is 8.78. The van der Waals surface area contributed by atoms with Gasteiger partial charge in [0.25, 0.3) is 0 Å². The fourth-order valence-electron chi connectivity index (χ4n) is 1.13. The fourth-order valence-corrected chi connectivity index (χ4v) is 1.13. The lowest BCUT2D eigenvalue weighted by molar-refractivity contribution is -0.123. The van der Waals surface area contributed by atoms with Gasteiger partial charge in [0.1, 0.15) is 5.92 Å². The summed E-state index contributed by atoms with van der Waals surface area (Å²) < 4.78 is 4.91. The smallest absolute Gasteiger partial charge is 0.237 e. The standard InChI is InChI=1S/C10H13N3O2/c1-3-8(5-11)10(14)12-6-9-4-7(2)13-15-9/h4,8H,3,6H2,1-2H3,(H,12,14). The van der Waals surface area contributed by atoms with E-state index >= 15 is 0 Å². The normalized spacial score (nSPS) is 11.8. The van der Waals surface area contributed by atoms with Crippen molar-refractivity contribution in [3.05, 3.63) is 17.5 Å². The predicted octanol–water partition coefficient (Wildman–Crippen LogP) is 1.15. The molecule has 5 nitrogen and oxygen atoms in total. The van der Waals surface area contributed by atoms with Crippen LogP contribution >= 0.6 is 0 Å².